The van der Waals surface area contributed by atoms with Crippen molar-refractivity contribution in [3.63, 3.8) is 0 Å². The van der Waals surface area contributed by atoms with Gasteiger partial charge in [-0.1, -0.05) is 0 Å². The molecule has 0 saturated carbocycles. The zero-order valence-corrected chi connectivity index (χ0v) is 17.0. The number of thiazole rings is 1. The summed E-state index contributed by atoms with van der Waals surface area (Å²) in [5.41, 5.74) is 2.76. The van der Waals surface area contributed by atoms with Crippen LogP contribution in [-0.4, -0.2) is 10.9 Å². The van der Waals surface area contributed by atoms with Crippen LogP contribution in [0.4, 0.5) is 5.13 Å². The average molecular weight is 471 g/mol. The molecule has 4 aromatic rings. The number of carbonyl (C=O) groups excluding carboxylic acids is 1. The molecule has 0 spiro atoms. The van der Waals surface area contributed by atoms with E-state index in [1.54, 1.807) is 0 Å². The van der Waals surface area contributed by atoms with Gasteiger partial charge in [0.05, 0.1) is 0 Å². The van der Waals surface area contributed by atoms with Gasteiger partial charge < -0.3 is 0 Å². The second-order valence-electron chi connectivity index (χ2n) is 5.84. The van der Waals surface area contributed by atoms with Crippen LogP contribution in [0.15, 0.2) is 72.8 Å². The first-order chi connectivity index (χ1) is 12.7. The summed E-state index contributed by atoms with van der Waals surface area (Å²) in [6, 6.07) is 24.5. The van der Waals surface area contributed by atoms with E-state index in [-0.39, 0.29) is 27.1 Å². The Morgan fingerprint density at radius 1 is 0.962 bits per heavy atom. The normalized spacial score (nSPS) is 11.0. The Labute approximate surface area is 166 Å². The molecule has 0 bridgehead atoms. The number of fused-ring (bicyclic) bond motifs is 1. The fraction of sp³-hybridized carbons (Fsp3) is 0.0476. The van der Waals surface area contributed by atoms with Gasteiger partial charge >= 0.3 is 167 Å². The number of rotatable bonds is 4. The van der Waals surface area contributed by atoms with Gasteiger partial charge in [-0.2, -0.15) is 0 Å². The van der Waals surface area contributed by atoms with E-state index in [1.165, 1.54) is 24.0 Å². The van der Waals surface area contributed by atoms with Crippen LogP contribution in [-0.2, 0) is 0 Å². The van der Waals surface area contributed by atoms with Crippen LogP contribution in [0.3, 0.4) is 0 Å². The predicted molar refractivity (Wildman–Crippen MR) is 103 cm³/mol. The number of halogens is 1. The number of amides is 1. The first kappa shape index (κ1) is 17.2. The summed E-state index contributed by atoms with van der Waals surface area (Å²) in [4.78, 5) is 17.0. The second-order valence-corrected chi connectivity index (χ2v) is 9.90. The molecule has 1 heterocycles. The Balaban J connectivity index is 1.47. The molecule has 1 aromatic heterocycles. The van der Waals surface area contributed by atoms with Gasteiger partial charge in [0.25, 0.3) is 0 Å². The molecule has 4 rings (SSSR count). The molecule has 3 nitrogen and oxygen atoms in total. The summed E-state index contributed by atoms with van der Waals surface area (Å²) in [7, 11) is 0. The Morgan fingerprint density at radius 2 is 1.69 bits per heavy atom. The molecule has 0 aliphatic heterocycles. The minimum absolute atomic E-state index is 0.120. The molecule has 0 radical (unpaired) electrons. The van der Waals surface area contributed by atoms with Crippen molar-refractivity contribution in [2.24, 2.45) is 0 Å². The van der Waals surface area contributed by atoms with Crippen molar-refractivity contribution in [1.29, 1.82) is 0 Å². The molecule has 0 aliphatic carbocycles. The van der Waals surface area contributed by atoms with Crippen LogP contribution >= 0.6 is 11.3 Å². The third-order valence-electron chi connectivity index (χ3n) is 3.82. The van der Waals surface area contributed by atoms with E-state index >= 15 is 0 Å². The standard InChI is InChI=1S/C21H16IN2OS/c1-14-7-12-18-19(13-14)26-21(23-18)24-20(25)15-8-10-17(11-9-15)22-16-5-3-2-4-6-16/h2-13H,1H3,(H,23,24,25)/q-1. The minimum atomic E-state index is -0.212. The third-order valence-corrected chi connectivity index (χ3v) is 7.44. The van der Waals surface area contributed by atoms with Crippen molar-refractivity contribution in [1.82, 2.24) is 4.98 Å². The maximum atomic E-state index is 12.5. The maximum absolute atomic E-state index is 12.5. The molecule has 0 aliphatic rings. The molecule has 5 heteroatoms. The summed E-state index contributed by atoms with van der Waals surface area (Å²) in [6.45, 7) is 2.05. The van der Waals surface area contributed by atoms with Crippen LogP contribution in [0, 0.1) is 14.1 Å². The van der Waals surface area contributed by atoms with Gasteiger partial charge in [0, 0.05) is 0 Å². The Hall–Kier alpha value is -2.25. The van der Waals surface area contributed by atoms with Gasteiger partial charge in [0.2, 0.25) is 0 Å². The summed E-state index contributed by atoms with van der Waals surface area (Å²) < 4.78 is 3.75. The number of aromatic nitrogens is 1. The fourth-order valence-corrected chi connectivity index (χ4v) is 5.69. The first-order valence-corrected chi connectivity index (χ1v) is 11.1. The van der Waals surface area contributed by atoms with E-state index < -0.39 is 0 Å². The van der Waals surface area contributed by atoms with Gasteiger partial charge in [-0.25, -0.2) is 0 Å². The number of hydrogen-bond donors (Lipinski definition) is 1. The van der Waals surface area contributed by atoms with Gasteiger partial charge in [-0.15, -0.1) is 0 Å². The quantitative estimate of drug-likeness (QED) is 0.463. The van der Waals surface area contributed by atoms with Crippen LogP contribution < -0.4 is 26.5 Å². The van der Waals surface area contributed by atoms with Crippen molar-refractivity contribution >= 4 is 32.6 Å². The van der Waals surface area contributed by atoms with Crippen LogP contribution in [0.1, 0.15) is 15.9 Å². The van der Waals surface area contributed by atoms with Gasteiger partial charge in [0.15, 0.2) is 0 Å². The predicted octanol–water partition coefficient (Wildman–Crippen LogP) is 1.99. The van der Waals surface area contributed by atoms with E-state index in [9.17, 15) is 4.79 Å². The average Bonchev–Trinajstić information content (AvgIpc) is 3.04. The molecule has 0 atom stereocenters. The van der Waals surface area contributed by atoms with E-state index in [0.717, 1.165) is 10.2 Å². The van der Waals surface area contributed by atoms with E-state index in [0.29, 0.717) is 10.7 Å². The van der Waals surface area contributed by atoms with Crippen molar-refractivity contribution in [2.75, 3.05) is 5.32 Å². The number of nitrogens with zero attached hydrogens (tertiary/aromatic N) is 1. The third kappa shape index (κ3) is 3.94. The summed E-state index contributed by atoms with van der Waals surface area (Å²) >= 11 is 1.29. The molecule has 0 unspecified atom stereocenters. The molecule has 3 aromatic carbocycles. The molecular formula is C21H16IN2OS-. The summed E-state index contributed by atoms with van der Waals surface area (Å²) in [5, 5.41) is 3.55. The number of benzene rings is 3. The van der Waals surface area contributed by atoms with E-state index in [4.69, 9.17) is 0 Å². The van der Waals surface area contributed by atoms with Crippen LogP contribution in [0.25, 0.3) is 10.2 Å². The molecule has 130 valence electrons. The number of carbonyl (C=O) groups is 1. The first-order valence-electron chi connectivity index (χ1n) is 8.16. The van der Waals surface area contributed by atoms with Gasteiger partial charge in [-0.05, 0) is 0 Å². The van der Waals surface area contributed by atoms with E-state index in [2.05, 4.69) is 59.7 Å². The molecule has 0 fully saturated rings. The van der Waals surface area contributed by atoms with Crippen molar-refractivity contribution < 1.29 is 26.0 Å². The number of nitrogens with one attached hydrogen (secondary N) is 1. The zero-order chi connectivity index (χ0) is 17.9. The van der Waals surface area contributed by atoms with Gasteiger partial charge in [0.1, 0.15) is 0 Å². The topological polar surface area (TPSA) is 42.0 Å². The van der Waals surface area contributed by atoms with Crippen molar-refractivity contribution in [3.8, 4) is 0 Å². The van der Waals surface area contributed by atoms with E-state index in [1.807, 2.05) is 30.3 Å². The molecule has 26 heavy (non-hydrogen) atoms. The Bertz CT molecular complexity index is 1060. The zero-order valence-electron chi connectivity index (χ0n) is 14.1. The summed E-state index contributed by atoms with van der Waals surface area (Å²) in [6.07, 6.45) is 0. The van der Waals surface area contributed by atoms with Crippen molar-refractivity contribution in [3.05, 3.63) is 91.1 Å². The second kappa shape index (κ2) is 7.55. The van der Waals surface area contributed by atoms with Gasteiger partial charge in [-0.3, -0.25) is 0 Å². The summed E-state index contributed by atoms with van der Waals surface area (Å²) in [5.74, 6) is -0.120. The van der Waals surface area contributed by atoms with Crippen molar-refractivity contribution in [2.45, 2.75) is 6.92 Å². The number of aryl methyl sites for hydroxylation is 1. The fourth-order valence-electron chi connectivity index (χ4n) is 2.52. The molecule has 0 saturated heterocycles. The SMILES string of the molecule is Cc1ccc2nc(NC(=O)c3ccc([I-]c4ccccc4)cc3)sc2c1. The number of anilines is 1. The molecule has 1 N–H and O–H groups in total. The molecular weight excluding hydrogens is 455 g/mol. The molecule has 1 amide bonds. The Kier molecular flexibility index (Phi) is 4.99. The Morgan fingerprint density at radius 3 is 2.46 bits per heavy atom. The monoisotopic (exact) mass is 471 g/mol. The van der Waals surface area contributed by atoms with Crippen LogP contribution in [0.2, 0.25) is 0 Å². The number of hydrogen-bond acceptors (Lipinski definition) is 3. The van der Waals surface area contributed by atoms with Crippen LogP contribution in [0.5, 0.6) is 0 Å².